The lowest BCUT2D eigenvalue weighted by Crippen LogP contribution is -2.50. The van der Waals surface area contributed by atoms with E-state index in [1.165, 1.54) is 23.2 Å². The first kappa shape index (κ1) is 15.2. The summed E-state index contributed by atoms with van der Waals surface area (Å²) in [7, 11) is -3.54. The van der Waals surface area contributed by atoms with Crippen LogP contribution in [0.1, 0.15) is 30.5 Å². The number of nitrogens with zero attached hydrogens (tertiary/aromatic N) is 4. The zero-order chi connectivity index (χ0) is 17.0. The van der Waals surface area contributed by atoms with Gasteiger partial charge in [-0.05, 0) is 25.0 Å². The minimum absolute atomic E-state index is 0.0481. The van der Waals surface area contributed by atoms with Gasteiger partial charge in [-0.25, -0.2) is 13.1 Å². The standard InChI is InChI=1S/C16H18N4O4S/c21-25(22,13-3-4-15-16(7-13)24-6-5-23-15)19-8-12(9-19)20-10-14(17-18-20)11-1-2-11/h3-4,7,10-12H,1-2,5-6,8-9H2. The normalized spacial score (nSPS) is 21.1. The summed E-state index contributed by atoms with van der Waals surface area (Å²) in [6.45, 7) is 1.72. The van der Waals surface area contributed by atoms with Crippen LogP contribution in [0.2, 0.25) is 0 Å². The van der Waals surface area contributed by atoms with Crippen LogP contribution < -0.4 is 9.47 Å². The molecule has 1 saturated carbocycles. The molecule has 0 radical (unpaired) electrons. The van der Waals surface area contributed by atoms with Crippen molar-refractivity contribution in [3.8, 4) is 11.5 Å². The third-order valence-corrected chi connectivity index (χ3v) is 6.71. The SMILES string of the molecule is O=S(=O)(c1ccc2c(c1)OCCO2)N1CC(n2cc(C3CC3)nn2)C1. The highest BCUT2D eigenvalue weighted by atomic mass is 32.2. The molecule has 0 bridgehead atoms. The fourth-order valence-electron chi connectivity index (χ4n) is 3.15. The molecule has 0 atom stereocenters. The highest BCUT2D eigenvalue weighted by Gasteiger charge is 2.39. The first-order valence-corrected chi connectivity index (χ1v) is 9.87. The second-order valence-electron chi connectivity index (χ2n) is 6.68. The van der Waals surface area contributed by atoms with Crippen molar-refractivity contribution in [1.82, 2.24) is 19.3 Å². The average Bonchev–Trinajstić information content (AvgIpc) is 3.32. The Balaban J connectivity index is 1.31. The van der Waals surface area contributed by atoms with Crippen molar-refractivity contribution in [2.75, 3.05) is 26.3 Å². The zero-order valence-electron chi connectivity index (χ0n) is 13.5. The topological polar surface area (TPSA) is 86.6 Å². The van der Waals surface area contributed by atoms with Crippen LogP contribution in [-0.2, 0) is 10.0 Å². The number of aromatic nitrogens is 3. The predicted molar refractivity (Wildman–Crippen MR) is 87.2 cm³/mol. The van der Waals surface area contributed by atoms with Crippen molar-refractivity contribution in [1.29, 1.82) is 0 Å². The van der Waals surface area contributed by atoms with Gasteiger partial charge >= 0.3 is 0 Å². The minimum atomic E-state index is -3.54. The van der Waals surface area contributed by atoms with Crippen molar-refractivity contribution in [2.24, 2.45) is 0 Å². The van der Waals surface area contributed by atoms with Gasteiger partial charge in [-0.1, -0.05) is 5.21 Å². The monoisotopic (exact) mass is 362 g/mol. The molecule has 3 heterocycles. The zero-order valence-corrected chi connectivity index (χ0v) is 14.4. The van der Waals surface area contributed by atoms with Crippen LogP contribution in [0.5, 0.6) is 11.5 Å². The molecule has 1 saturated heterocycles. The Morgan fingerprint density at radius 2 is 1.84 bits per heavy atom. The van der Waals surface area contributed by atoms with Gasteiger partial charge in [0, 0.05) is 31.3 Å². The average molecular weight is 362 g/mol. The molecule has 8 nitrogen and oxygen atoms in total. The third-order valence-electron chi connectivity index (χ3n) is 4.88. The van der Waals surface area contributed by atoms with Gasteiger partial charge < -0.3 is 9.47 Å². The van der Waals surface area contributed by atoms with Gasteiger partial charge in [-0.3, -0.25) is 0 Å². The molecular weight excluding hydrogens is 344 g/mol. The molecule has 0 spiro atoms. The second-order valence-corrected chi connectivity index (χ2v) is 8.62. The fourth-order valence-corrected chi connectivity index (χ4v) is 4.68. The van der Waals surface area contributed by atoms with E-state index in [2.05, 4.69) is 10.3 Å². The number of benzene rings is 1. The van der Waals surface area contributed by atoms with Gasteiger partial charge in [0.1, 0.15) is 13.2 Å². The number of rotatable bonds is 4. The number of sulfonamides is 1. The summed E-state index contributed by atoms with van der Waals surface area (Å²) in [5.41, 5.74) is 1.02. The van der Waals surface area contributed by atoms with E-state index in [0.717, 1.165) is 5.69 Å². The van der Waals surface area contributed by atoms with Crippen LogP contribution in [-0.4, -0.2) is 54.0 Å². The van der Waals surface area contributed by atoms with E-state index in [0.29, 0.717) is 43.7 Å². The molecule has 1 aromatic carbocycles. The van der Waals surface area contributed by atoms with E-state index < -0.39 is 10.0 Å². The van der Waals surface area contributed by atoms with Crippen LogP contribution in [0.3, 0.4) is 0 Å². The van der Waals surface area contributed by atoms with E-state index in [1.54, 1.807) is 16.8 Å². The maximum Gasteiger partial charge on any atom is 0.243 e. The molecule has 0 unspecified atom stereocenters. The summed E-state index contributed by atoms with van der Waals surface area (Å²) in [6.07, 6.45) is 4.30. The lowest BCUT2D eigenvalue weighted by Gasteiger charge is -2.37. The van der Waals surface area contributed by atoms with Crippen molar-refractivity contribution in [3.05, 3.63) is 30.1 Å². The molecule has 1 aliphatic carbocycles. The predicted octanol–water partition coefficient (Wildman–Crippen LogP) is 1.17. The summed E-state index contributed by atoms with van der Waals surface area (Å²) >= 11 is 0. The molecule has 0 N–H and O–H groups in total. The number of hydrogen-bond acceptors (Lipinski definition) is 6. The van der Waals surface area contributed by atoms with E-state index in [4.69, 9.17) is 9.47 Å². The largest absolute Gasteiger partial charge is 0.486 e. The molecule has 0 amide bonds. The highest BCUT2D eigenvalue weighted by molar-refractivity contribution is 7.89. The molecule has 2 aliphatic heterocycles. The quantitative estimate of drug-likeness (QED) is 0.812. The molecule has 1 aromatic heterocycles. The summed E-state index contributed by atoms with van der Waals surface area (Å²) < 4.78 is 39.7. The van der Waals surface area contributed by atoms with Gasteiger partial charge in [0.25, 0.3) is 0 Å². The van der Waals surface area contributed by atoms with Gasteiger partial charge in [-0.2, -0.15) is 4.31 Å². The highest BCUT2D eigenvalue weighted by Crippen LogP contribution is 2.39. The summed E-state index contributed by atoms with van der Waals surface area (Å²) in [5.74, 6) is 1.61. The molecule has 5 rings (SSSR count). The number of hydrogen-bond donors (Lipinski definition) is 0. The Kier molecular flexibility index (Phi) is 3.29. The molecule has 9 heteroatoms. The van der Waals surface area contributed by atoms with E-state index in [1.807, 2.05) is 6.20 Å². The van der Waals surface area contributed by atoms with Crippen molar-refractivity contribution >= 4 is 10.0 Å². The molecule has 2 fully saturated rings. The lowest BCUT2D eigenvalue weighted by molar-refractivity contribution is 0.170. The minimum Gasteiger partial charge on any atom is -0.486 e. The van der Waals surface area contributed by atoms with Crippen molar-refractivity contribution in [2.45, 2.75) is 29.7 Å². The lowest BCUT2D eigenvalue weighted by atomic mass is 10.2. The molecule has 3 aliphatic rings. The summed E-state index contributed by atoms with van der Waals surface area (Å²) in [5, 5.41) is 8.34. The Bertz CT molecular complexity index is 916. The van der Waals surface area contributed by atoms with Gasteiger partial charge in [-0.15, -0.1) is 5.10 Å². The van der Waals surface area contributed by atoms with E-state index in [9.17, 15) is 8.42 Å². The maximum atomic E-state index is 12.8. The van der Waals surface area contributed by atoms with Crippen LogP contribution in [0.4, 0.5) is 0 Å². The maximum absolute atomic E-state index is 12.8. The Hall–Kier alpha value is -2.13. The first-order chi connectivity index (χ1) is 12.1. The Labute approximate surface area is 145 Å². The first-order valence-electron chi connectivity index (χ1n) is 8.43. The Morgan fingerprint density at radius 1 is 1.08 bits per heavy atom. The second kappa shape index (κ2) is 5.43. The molecule has 25 heavy (non-hydrogen) atoms. The van der Waals surface area contributed by atoms with Crippen LogP contribution >= 0.6 is 0 Å². The molecular formula is C16H18N4O4S. The van der Waals surface area contributed by atoms with Gasteiger partial charge in [0.05, 0.1) is 16.6 Å². The molecule has 2 aromatic rings. The van der Waals surface area contributed by atoms with Crippen LogP contribution in [0.25, 0.3) is 0 Å². The van der Waals surface area contributed by atoms with Crippen molar-refractivity contribution < 1.29 is 17.9 Å². The smallest absolute Gasteiger partial charge is 0.243 e. The molecule has 132 valence electrons. The van der Waals surface area contributed by atoms with Gasteiger partial charge in [0.2, 0.25) is 10.0 Å². The number of fused-ring (bicyclic) bond motifs is 1. The van der Waals surface area contributed by atoms with E-state index in [-0.39, 0.29) is 10.9 Å². The van der Waals surface area contributed by atoms with Crippen LogP contribution in [0.15, 0.2) is 29.3 Å². The third kappa shape index (κ3) is 2.58. The van der Waals surface area contributed by atoms with Crippen LogP contribution in [0, 0.1) is 0 Å². The summed E-state index contributed by atoms with van der Waals surface area (Å²) in [4.78, 5) is 0.229. The van der Waals surface area contributed by atoms with Crippen molar-refractivity contribution in [3.63, 3.8) is 0 Å². The Morgan fingerprint density at radius 3 is 2.60 bits per heavy atom. The van der Waals surface area contributed by atoms with Gasteiger partial charge in [0.15, 0.2) is 11.5 Å². The summed E-state index contributed by atoms with van der Waals surface area (Å²) in [6, 6.07) is 4.80. The van der Waals surface area contributed by atoms with E-state index >= 15 is 0 Å². The fraction of sp³-hybridized carbons (Fsp3) is 0.500. The number of ether oxygens (including phenoxy) is 2.